The Bertz CT molecular complexity index is 171. The molecular formula is C7H13N3S. The van der Waals surface area contributed by atoms with Crippen LogP contribution >= 0.6 is 11.8 Å². The van der Waals surface area contributed by atoms with Crippen molar-refractivity contribution in [3.63, 3.8) is 0 Å². The number of hydrogen-bond donors (Lipinski definition) is 1. The van der Waals surface area contributed by atoms with Crippen LogP contribution < -0.4 is 5.32 Å². The number of aliphatic imine (C=N–C) groups is 1. The van der Waals surface area contributed by atoms with Crippen molar-refractivity contribution < 1.29 is 0 Å². The van der Waals surface area contributed by atoms with Gasteiger partial charge in [-0.25, -0.2) is 0 Å². The maximum atomic E-state index is 8.30. The van der Waals surface area contributed by atoms with Crippen LogP contribution in [-0.4, -0.2) is 17.5 Å². The monoisotopic (exact) mass is 171 g/mol. The van der Waals surface area contributed by atoms with Crippen LogP contribution in [-0.2, 0) is 0 Å². The molecule has 11 heavy (non-hydrogen) atoms. The molecule has 0 saturated carbocycles. The molecule has 0 aromatic carbocycles. The molecule has 0 fully saturated rings. The van der Waals surface area contributed by atoms with Gasteiger partial charge in [0.25, 0.3) is 0 Å². The lowest BCUT2D eigenvalue weighted by Crippen LogP contribution is -2.15. The van der Waals surface area contributed by atoms with Crippen molar-refractivity contribution in [1.29, 1.82) is 5.26 Å². The fourth-order valence-corrected chi connectivity index (χ4v) is 0.908. The van der Waals surface area contributed by atoms with Crippen molar-refractivity contribution in [3.8, 4) is 6.19 Å². The number of nitrogens with zero attached hydrogens (tertiary/aromatic N) is 2. The van der Waals surface area contributed by atoms with Gasteiger partial charge >= 0.3 is 0 Å². The van der Waals surface area contributed by atoms with E-state index < -0.39 is 0 Å². The molecule has 62 valence electrons. The van der Waals surface area contributed by atoms with Gasteiger partial charge in [-0.05, 0) is 19.6 Å². The van der Waals surface area contributed by atoms with Crippen molar-refractivity contribution in [2.24, 2.45) is 4.99 Å². The van der Waals surface area contributed by atoms with E-state index in [0.29, 0.717) is 11.2 Å². The first-order valence-electron chi connectivity index (χ1n) is 3.51. The van der Waals surface area contributed by atoms with Crippen molar-refractivity contribution in [1.82, 2.24) is 5.32 Å². The van der Waals surface area contributed by atoms with Gasteiger partial charge in [-0.15, -0.1) is 0 Å². The molecule has 1 atom stereocenters. The zero-order chi connectivity index (χ0) is 8.69. The lowest BCUT2D eigenvalue weighted by Gasteiger charge is -2.03. The lowest BCUT2D eigenvalue weighted by molar-refractivity contribution is 0.716. The molecule has 0 aromatic rings. The van der Waals surface area contributed by atoms with Crippen LogP contribution in [0, 0.1) is 11.5 Å². The van der Waals surface area contributed by atoms with E-state index in [9.17, 15) is 0 Å². The quantitative estimate of drug-likeness (QED) is 0.297. The van der Waals surface area contributed by atoms with E-state index in [1.807, 2.05) is 19.4 Å². The molecule has 0 aromatic heterocycles. The Morgan fingerprint density at radius 3 is 2.82 bits per heavy atom. The topological polar surface area (TPSA) is 48.2 Å². The van der Waals surface area contributed by atoms with Gasteiger partial charge in [0.05, 0.1) is 0 Å². The minimum absolute atomic E-state index is 0.290. The van der Waals surface area contributed by atoms with Crippen LogP contribution in [0.5, 0.6) is 0 Å². The van der Waals surface area contributed by atoms with Crippen LogP contribution in [0.1, 0.15) is 20.3 Å². The highest BCUT2D eigenvalue weighted by atomic mass is 32.2. The third-order valence-corrected chi connectivity index (χ3v) is 1.88. The molecule has 0 spiro atoms. The summed E-state index contributed by atoms with van der Waals surface area (Å²) < 4.78 is 0. The van der Waals surface area contributed by atoms with Gasteiger partial charge in [-0.1, -0.05) is 18.7 Å². The van der Waals surface area contributed by atoms with E-state index in [1.54, 1.807) is 0 Å². The minimum atomic E-state index is 0.290. The third-order valence-electron chi connectivity index (χ3n) is 1.28. The summed E-state index contributed by atoms with van der Waals surface area (Å²) in [6, 6.07) is 0.290. The van der Waals surface area contributed by atoms with Gasteiger partial charge in [-0.2, -0.15) is 5.26 Å². The van der Waals surface area contributed by atoms with Crippen LogP contribution in [0.4, 0.5) is 0 Å². The van der Waals surface area contributed by atoms with E-state index in [2.05, 4.69) is 17.2 Å². The highest BCUT2D eigenvalue weighted by Gasteiger charge is 1.98. The average Bonchev–Trinajstić information content (AvgIpc) is 2.03. The Morgan fingerprint density at radius 1 is 1.82 bits per heavy atom. The molecule has 0 saturated heterocycles. The molecule has 4 heteroatoms. The number of thioether (sulfide) groups is 1. The van der Waals surface area contributed by atoms with Crippen molar-refractivity contribution in [3.05, 3.63) is 0 Å². The van der Waals surface area contributed by atoms with E-state index in [0.717, 1.165) is 6.42 Å². The first-order chi connectivity index (χ1) is 5.24. The van der Waals surface area contributed by atoms with E-state index >= 15 is 0 Å². The van der Waals surface area contributed by atoms with Crippen LogP contribution in [0.3, 0.4) is 0 Å². The summed E-state index contributed by atoms with van der Waals surface area (Å²) in [5.74, 6) is 0. The molecule has 0 heterocycles. The maximum absolute atomic E-state index is 8.30. The van der Waals surface area contributed by atoms with Gasteiger partial charge in [0, 0.05) is 6.04 Å². The first kappa shape index (κ1) is 10.3. The second-order valence-electron chi connectivity index (χ2n) is 2.13. The summed E-state index contributed by atoms with van der Waals surface area (Å²) in [4.78, 5) is 4.25. The minimum Gasteiger partial charge on any atom is -0.272 e. The zero-order valence-electron chi connectivity index (χ0n) is 7.09. The number of rotatable bonds is 2. The summed E-state index contributed by atoms with van der Waals surface area (Å²) in [6.45, 7) is 4.09. The Morgan fingerprint density at radius 2 is 2.45 bits per heavy atom. The molecule has 0 aliphatic rings. The number of nitriles is 1. The maximum Gasteiger partial charge on any atom is 0.183 e. The largest absolute Gasteiger partial charge is 0.272 e. The van der Waals surface area contributed by atoms with Gasteiger partial charge in [0.1, 0.15) is 0 Å². The summed E-state index contributed by atoms with van der Waals surface area (Å²) in [5, 5.41) is 11.5. The predicted octanol–water partition coefficient (Wildman–Crippen LogP) is 1.57. The van der Waals surface area contributed by atoms with Crippen LogP contribution in [0.25, 0.3) is 0 Å². The Balaban J connectivity index is 4.01. The number of nitrogens with one attached hydrogen (secondary N) is 1. The number of amidine groups is 1. The Labute approximate surface area is 71.9 Å². The SMILES string of the molecule is CCC(C)N=C(NC#N)SC. The Hall–Kier alpha value is -0.690. The van der Waals surface area contributed by atoms with Crippen molar-refractivity contribution >= 4 is 16.9 Å². The Kier molecular flexibility index (Phi) is 5.67. The summed E-state index contributed by atoms with van der Waals surface area (Å²) in [5.41, 5.74) is 0. The van der Waals surface area contributed by atoms with Crippen molar-refractivity contribution in [2.45, 2.75) is 26.3 Å². The molecule has 0 aliphatic carbocycles. The third kappa shape index (κ3) is 4.68. The molecule has 0 radical (unpaired) electrons. The van der Waals surface area contributed by atoms with E-state index in [-0.39, 0.29) is 0 Å². The summed E-state index contributed by atoms with van der Waals surface area (Å²) in [7, 11) is 0. The average molecular weight is 171 g/mol. The zero-order valence-corrected chi connectivity index (χ0v) is 7.90. The second kappa shape index (κ2) is 6.05. The van der Waals surface area contributed by atoms with Crippen molar-refractivity contribution in [2.75, 3.05) is 6.26 Å². The molecule has 0 bridgehead atoms. The summed E-state index contributed by atoms with van der Waals surface area (Å²) >= 11 is 1.45. The van der Waals surface area contributed by atoms with E-state index in [1.165, 1.54) is 11.8 Å². The molecule has 3 nitrogen and oxygen atoms in total. The normalized spacial score (nSPS) is 13.8. The standard InChI is InChI=1S/C7H13N3S/c1-4-6(2)10-7(11-3)9-5-8/h6H,4H2,1-3H3,(H,9,10). The van der Waals surface area contributed by atoms with E-state index in [4.69, 9.17) is 5.26 Å². The summed E-state index contributed by atoms with van der Waals surface area (Å²) in [6.07, 6.45) is 4.74. The van der Waals surface area contributed by atoms with Gasteiger partial charge in [0.15, 0.2) is 11.4 Å². The fraction of sp³-hybridized carbons (Fsp3) is 0.714. The molecule has 0 amide bonds. The second-order valence-corrected chi connectivity index (χ2v) is 2.93. The van der Waals surface area contributed by atoms with Gasteiger partial charge in [0.2, 0.25) is 0 Å². The highest BCUT2D eigenvalue weighted by molar-refractivity contribution is 8.13. The number of hydrogen-bond acceptors (Lipinski definition) is 3. The van der Waals surface area contributed by atoms with Gasteiger partial charge < -0.3 is 0 Å². The molecule has 0 aliphatic heterocycles. The molecule has 1 unspecified atom stereocenters. The highest BCUT2D eigenvalue weighted by Crippen LogP contribution is 2.01. The first-order valence-corrected chi connectivity index (χ1v) is 4.74. The van der Waals surface area contributed by atoms with Gasteiger partial charge in [-0.3, -0.25) is 10.3 Å². The predicted molar refractivity (Wildman–Crippen MR) is 49.5 cm³/mol. The molecular weight excluding hydrogens is 158 g/mol. The van der Waals surface area contributed by atoms with Crippen LogP contribution in [0.15, 0.2) is 4.99 Å². The van der Waals surface area contributed by atoms with Crippen LogP contribution in [0.2, 0.25) is 0 Å². The molecule has 0 rings (SSSR count). The smallest absolute Gasteiger partial charge is 0.183 e. The fourth-order valence-electron chi connectivity index (χ4n) is 0.475. The lowest BCUT2D eigenvalue weighted by atomic mass is 10.3. The molecule has 1 N–H and O–H groups in total.